The highest BCUT2D eigenvalue weighted by Crippen LogP contribution is 2.15. The number of hydrogen-bond acceptors (Lipinski definition) is 5. The first-order valence-electron chi connectivity index (χ1n) is 8.03. The van der Waals surface area contributed by atoms with Crippen molar-refractivity contribution < 1.29 is 19.1 Å². The number of nitrogens with two attached hydrogens (primary N) is 1. The molecule has 1 aromatic rings. The summed E-state index contributed by atoms with van der Waals surface area (Å²) >= 11 is 0. The molecule has 2 N–H and O–H groups in total. The number of amides is 2. The highest BCUT2D eigenvalue weighted by molar-refractivity contribution is 5.94. The lowest BCUT2D eigenvalue weighted by atomic mass is 10.1. The van der Waals surface area contributed by atoms with Crippen LogP contribution in [0.5, 0.6) is 5.75 Å². The number of methoxy groups -OCH3 is 2. The van der Waals surface area contributed by atoms with Crippen LogP contribution in [0.1, 0.15) is 16.8 Å². The molecule has 0 aromatic heterocycles. The molecule has 8 heteroatoms. The molecule has 1 heterocycles. The largest absolute Gasteiger partial charge is 0.497 e. The molecule has 2 amide bonds. The quantitative estimate of drug-likeness (QED) is 0.798. The second kappa shape index (κ2) is 10.2. The van der Waals surface area contributed by atoms with Crippen LogP contribution in [-0.2, 0) is 9.53 Å². The van der Waals surface area contributed by atoms with Gasteiger partial charge < -0.3 is 25.0 Å². The molecule has 0 bridgehead atoms. The first-order chi connectivity index (χ1) is 11.6. The number of nitrogens with zero attached hydrogens (tertiary/aromatic N) is 2. The van der Waals surface area contributed by atoms with E-state index in [0.717, 1.165) is 5.75 Å². The van der Waals surface area contributed by atoms with Crippen molar-refractivity contribution in [3.63, 3.8) is 0 Å². The summed E-state index contributed by atoms with van der Waals surface area (Å²) in [4.78, 5) is 28.2. The van der Waals surface area contributed by atoms with Gasteiger partial charge in [0.25, 0.3) is 5.91 Å². The standard InChI is InChI=1S/C17H25N3O4.ClH/c1-23-14-5-3-13(4-6-14)17(22)20-9-7-19(8-10-20)16(21)11-15(12-18)24-2;/h3-6,15H,7-12,18H2,1-2H3;1H. The van der Waals surface area contributed by atoms with Gasteiger partial charge in [0, 0.05) is 45.4 Å². The fourth-order valence-corrected chi connectivity index (χ4v) is 2.66. The third-order valence-corrected chi connectivity index (χ3v) is 4.26. The topological polar surface area (TPSA) is 85.1 Å². The number of carbonyl (C=O) groups excluding carboxylic acids is 2. The van der Waals surface area contributed by atoms with Crippen molar-refractivity contribution in [2.75, 3.05) is 46.9 Å². The van der Waals surface area contributed by atoms with Crippen LogP contribution in [0.25, 0.3) is 0 Å². The van der Waals surface area contributed by atoms with E-state index in [1.165, 1.54) is 0 Å². The maximum Gasteiger partial charge on any atom is 0.253 e. The van der Waals surface area contributed by atoms with E-state index in [9.17, 15) is 9.59 Å². The molecule has 0 spiro atoms. The molecule has 1 unspecified atom stereocenters. The third-order valence-electron chi connectivity index (χ3n) is 4.26. The fraction of sp³-hybridized carbons (Fsp3) is 0.529. The second-order valence-electron chi connectivity index (χ2n) is 5.70. The minimum atomic E-state index is -0.253. The van der Waals surface area contributed by atoms with Crippen LogP contribution in [0.2, 0.25) is 0 Å². The third kappa shape index (κ3) is 5.59. The van der Waals surface area contributed by atoms with E-state index in [2.05, 4.69) is 0 Å². The summed E-state index contributed by atoms with van der Waals surface area (Å²) in [6, 6.07) is 7.04. The summed E-state index contributed by atoms with van der Waals surface area (Å²) in [5, 5.41) is 0. The van der Waals surface area contributed by atoms with Crippen molar-refractivity contribution >= 4 is 24.2 Å². The molecule has 140 valence electrons. The zero-order chi connectivity index (χ0) is 17.5. The van der Waals surface area contributed by atoms with Gasteiger partial charge in [-0.05, 0) is 24.3 Å². The Hall–Kier alpha value is -1.83. The Bertz CT molecular complexity index is 556. The Morgan fingerprint density at radius 2 is 1.64 bits per heavy atom. The second-order valence-corrected chi connectivity index (χ2v) is 5.70. The van der Waals surface area contributed by atoms with E-state index < -0.39 is 0 Å². The summed E-state index contributed by atoms with van der Waals surface area (Å²) in [6.45, 7) is 2.43. The maximum absolute atomic E-state index is 12.5. The summed E-state index contributed by atoms with van der Waals surface area (Å²) in [5.74, 6) is 0.708. The fourth-order valence-electron chi connectivity index (χ4n) is 2.66. The van der Waals surface area contributed by atoms with E-state index in [0.29, 0.717) is 38.3 Å². The number of ether oxygens (including phenoxy) is 2. The summed E-state index contributed by atoms with van der Waals surface area (Å²) < 4.78 is 10.2. The van der Waals surface area contributed by atoms with Crippen LogP contribution in [0.15, 0.2) is 24.3 Å². The van der Waals surface area contributed by atoms with Crippen molar-refractivity contribution in [3.8, 4) is 5.75 Å². The monoisotopic (exact) mass is 371 g/mol. The Balaban J connectivity index is 0.00000312. The first-order valence-corrected chi connectivity index (χ1v) is 8.03. The van der Waals surface area contributed by atoms with E-state index in [1.807, 2.05) is 0 Å². The zero-order valence-electron chi connectivity index (χ0n) is 14.6. The lowest BCUT2D eigenvalue weighted by molar-refractivity contribution is -0.135. The smallest absolute Gasteiger partial charge is 0.253 e. The number of halogens is 1. The van der Waals surface area contributed by atoms with Crippen molar-refractivity contribution in [2.24, 2.45) is 5.73 Å². The molecular formula is C17H26ClN3O4. The van der Waals surface area contributed by atoms with Gasteiger partial charge in [0.15, 0.2) is 0 Å². The average molecular weight is 372 g/mol. The van der Waals surface area contributed by atoms with Gasteiger partial charge in [-0.25, -0.2) is 0 Å². The SMILES string of the molecule is COc1ccc(C(=O)N2CCN(C(=O)CC(CN)OC)CC2)cc1.Cl. The van der Waals surface area contributed by atoms with Crippen LogP contribution < -0.4 is 10.5 Å². The molecule has 0 saturated carbocycles. The molecule has 0 aliphatic carbocycles. The molecule has 1 aromatic carbocycles. The summed E-state index contributed by atoms with van der Waals surface area (Å²) in [6.07, 6.45) is 0.0239. The molecule has 0 radical (unpaired) electrons. The molecule has 25 heavy (non-hydrogen) atoms. The molecule has 1 aliphatic heterocycles. The lowest BCUT2D eigenvalue weighted by Gasteiger charge is -2.35. The molecule has 1 atom stereocenters. The molecule has 7 nitrogen and oxygen atoms in total. The number of rotatable bonds is 6. The van der Waals surface area contributed by atoms with Gasteiger partial charge in [0.1, 0.15) is 5.75 Å². The minimum Gasteiger partial charge on any atom is -0.497 e. The van der Waals surface area contributed by atoms with E-state index in [1.54, 1.807) is 48.3 Å². The molecule has 1 fully saturated rings. The predicted molar refractivity (Wildman–Crippen MR) is 97.2 cm³/mol. The lowest BCUT2D eigenvalue weighted by Crippen LogP contribution is -2.51. The van der Waals surface area contributed by atoms with Crippen molar-refractivity contribution in [2.45, 2.75) is 12.5 Å². The average Bonchev–Trinajstić information content (AvgIpc) is 2.65. The van der Waals surface area contributed by atoms with Gasteiger partial charge in [-0.3, -0.25) is 9.59 Å². The summed E-state index contributed by atoms with van der Waals surface area (Å²) in [5.41, 5.74) is 6.17. The highest BCUT2D eigenvalue weighted by atomic mass is 35.5. The van der Waals surface area contributed by atoms with Crippen LogP contribution in [0.3, 0.4) is 0 Å². The van der Waals surface area contributed by atoms with Gasteiger partial charge in [0.05, 0.1) is 19.6 Å². The van der Waals surface area contributed by atoms with Crippen LogP contribution >= 0.6 is 12.4 Å². The Morgan fingerprint density at radius 3 is 2.12 bits per heavy atom. The van der Waals surface area contributed by atoms with Crippen molar-refractivity contribution in [3.05, 3.63) is 29.8 Å². The van der Waals surface area contributed by atoms with Crippen LogP contribution in [-0.4, -0.2) is 74.7 Å². The normalized spacial score (nSPS) is 15.3. The zero-order valence-corrected chi connectivity index (χ0v) is 15.5. The van der Waals surface area contributed by atoms with Gasteiger partial charge in [-0.15, -0.1) is 12.4 Å². The van der Waals surface area contributed by atoms with Crippen LogP contribution in [0, 0.1) is 0 Å². The number of hydrogen-bond donors (Lipinski definition) is 1. The van der Waals surface area contributed by atoms with Crippen molar-refractivity contribution in [1.29, 1.82) is 0 Å². The number of carbonyl (C=O) groups is 2. The van der Waals surface area contributed by atoms with Crippen molar-refractivity contribution in [1.82, 2.24) is 9.80 Å². The molecular weight excluding hydrogens is 346 g/mol. The maximum atomic E-state index is 12.5. The van der Waals surface area contributed by atoms with Gasteiger partial charge in [0.2, 0.25) is 5.91 Å². The van der Waals surface area contributed by atoms with E-state index >= 15 is 0 Å². The van der Waals surface area contributed by atoms with Gasteiger partial charge >= 0.3 is 0 Å². The Kier molecular flexibility index (Phi) is 8.68. The highest BCUT2D eigenvalue weighted by Gasteiger charge is 2.26. The first kappa shape index (κ1) is 21.2. The Morgan fingerprint density at radius 1 is 1.08 bits per heavy atom. The number of piperazine rings is 1. The molecule has 1 saturated heterocycles. The number of benzene rings is 1. The minimum absolute atomic E-state index is 0. The van der Waals surface area contributed by atoms with E-state index in [-0.39, 0.29) is 36.7 Å². The Labute approximate surface area is 154 Å². The van der Waals surface area contributed by atoms with Gasteiger partial charge in [-0.1, -0.05) is 0 Å². The molecule has 2 rings (SSSR count). The predicted octanol–water partition coefficient (Wildman–Crippen LogP) is 0.765. The molecule has 1 aliphatic rings. The summed E-state index contributed by atoms with van der Waals surface area (Å²) in [7, 11) is 3.14. The van der Waals surface area contributed by atoms with E-state index in [4.69, 9.17) is 15.2 Å². The van der Waals surface area contributed by atoms with Crippen LogP contribution in [0.4, 0.5) is 0 Å². The van der Waals surface area contributed by atoms with Gasteiger partial charge in [-0.2, -0.15) is 0 Å².